The Labute approximate surface area is 152 Å². The highest BCUT2D eigenvalue weighted by molar-refractivity contribution is 5.94. The average Bonchev–Trinajstić information content (AvgIpc) is 2.64. The van der Waals surface area contributed by atoms with E-state index >= 15 is 0 Å². The first-order valence-corrected chi connectivity index (χ1v) is 8.85. The van der Waals surface area contributed by atoms with Crippen LogP contribution in [0.25, 0.3) is 0 Å². The number of rotatable bonds is 4. The van der Waals surface area contributed by atoms with Gasteiger partial charge in [0.15, 0.2) is 0 Å². The van der Waals surface area contributed by atoms with Crippen LogP contribution in [0.2, 0.25) is 0 Å². The number of hydrogen-bond acceptors (Lipinski definition) is 3. The summed E-state index contributed by atoms with van der Waals surface area (Å²) in [6.07, 6.45) is 3.77. The maximum Gasteiger partial charge on any atom is 0.253 e. The van der Waals surface area contributed by atoms with Crippen molar-refractivity contribution in [3.8, 4) is 0 Å². The minimum atomic E-state index is -0.246. The maximum absolute atomic E-state index is 12.6. The fraction of sp³-hybridized carbons (Fsp3) is 0.350. The molecule has 26 heavy (non-hydrogen) atoms. The summed E-state index contributed by atoms with van der Waals surface area (Å²) in [6, 6.07) is 12.6. The van der Waals surface area contributed by atoms with Crippen molar-refractivity contribution in [3.05, 3.63) is 70.1 Å². The molecule has 1 aliphatic heterocycles. The Kier molecular flexibility index (Phi) is 5.51. The zero-order valence-corrected chi connectivity index (χ0v) is 14.8. The molecule has 1 aliphatic rings. The number of benzene rings is 1. The second-order valence-electron chi connectivity index (χ2n) is 6.63. The van der Waals surface area contributed by atoms with Crippen LogP contribution in [-0.4, -0.2) is 40.3 Å². The fourth-order valence-electron chi connectivity index (χ4n) is 3.53. The summed E-state index contributed by atoms with van der Waals surface area (Å²) in [7, 11) is 0. The number of carbonyl (C=O) groups excluding carboxylic acids is 2. The topological polar surface area (TPSA) is 82.3 Å². The van der Waals surface area contributed by atoms with Gasteiger partial charge >= 0.3 is 0 Å². The zero-order valence-electron chi connectivity index (χ0n) is 14.8. The fourth-order valence-corrected chi connectivity index (χ4v) is 3.53. The van der Waals surface area contributed by atoms with E-state index in [4.69, 9.17) is 0 Å². The van der Waals surface area contributed by atoms with Crippen LogP contribution in [0.3, 0.4) is 0 Å². The van der Waals surface area contributed by atoms with Gasteiger partial charge in [-0.15, -0.1) is 0 Å². The third kappa shape index (κ3) is 4.20. The Morgan fingerprint density at radius 3 is 2.62 bits per heavy atom. The third-order valence-corrected chi connectivity index (χ3v) is 4.83. The minimum absolute atomic E-state index is 0.0221. The number of pyridine rings is 1. The Balaban J connectivity index is 1.79. The number of hydrogen-bond donors (Lipinski definition) is 2. The number of piperidine rings is 1. The van der Waals surface area contributed by atoms with E-state index in [1.54, 1.807) is 6.92 Å². The number of amides is 2. The number of likely N-dealkylation sites (tertiary alicyclic amines) is 1. The number of carbonyl (C=O) groups is 2. The predicted octanol–water partition coefficient (Wildman–Crippen LogP) is 1.73. The molecule has 1 aromatic heterocycles. The Morgan fingerprint density at radius 2 is 1.96 bits per heavy atom. The summed E-state index contributed by atoms with van der Waals surface area (Å²) in [5, 5.41) is 3.05. The lowest BCUT2D eigenvalue weighted by Crippen LogP contribution is -2.57. The van der Waals surface area contributed by atoms with Crippen LogP contribution in [0, 0.1) is 0 Å². The lowest BCUT2D eigenvalue weighted by atomic mass is 9.90. The van der Waals surface area contributed by atoms with Gasteiger partial charge in [0.1, 0.15) is 0 Å². The zero-order chi connectivity index (χ0) is 18.5. The van der Waals surface area contributed by atoms with Crippen molar-refractivity contribution >= 4 is 11.8 Å². The first-order valence-electron chi connectivity index (χ1n) is 8.85. The highest BCUT2D eigenvalue weighted by atomic mass is 16.2. The molecule has 136 valence electrons. The molecule has 3 rings (SSSR count). The van der Waals surface area contributed by atoms with E-state index in [9.17, 15) is 14.4 Å². The standard InChI is InChI=1S/C20H23N3O3/c1-14(24)23-11-5-8-17(18(23)12-15-6-3-2-4-7-15)22-20(26)16-9-10-19(25)21-13-16/h2-4,6-7,9-10,13,17-18H,5,8,11-12H2,1H3,(H,21,25)(H,22,26)/t17-,18-/m0/s1. The van der Waals surface area contributed by atoms with Gasteiger partial charge in [-0.1, -0.05) is 30.3 Å². The molecule has 1 saturated heterocycles. The summed E-state index contributed by atoms with van der Waals surface area (Å²) in [6.45, 7) is 2.28. The molecule has 0 bridgehead atoms. The Hall–Kier alpha value is -2.89. The number of aromatic amines is 1. The SMILES string of the molecule is CC(=O)N1CCC[C@H](NC(=O)c2ccc(=O)[nH]c2)[C@@H]1Cc1ccccc1. The van der Waals surface area contributed by atoms with Gasteiger partial charge in [0, 0.05) is 31.8 Å². The second-order valence-corrected chi connectivity index (χ2v) is 6.63. The molecule has 0 unspecified atom stereocenters. The lowest BCUT2D eigenvalue weighted by molar-refractivity contribution is -0.133. The quantitative estimate of drug-likeness (QED) is 0.878. The van der Waals surface area contributed by atoms with E-state index in [-0.39, 0.29) is 29.5 Å². The molecular formula is C20H23N3O3. The summed E-state index contributed by atoms with van der Waals surface area (Å²) in [5.41, 5.74) is 1.29. The molecular weight excluding hydrogens is 330 g/mol. The van der Waals surface area contributed by atoms with Gasteiger partial charge < -0.3 is 15.2 Å². The molecule has 2 amide bonds. The second kappa shape index (κ2) is 7.99. The number of aromatic nitrogens is 1. The maximum atomic E-state index is 12.6. The van der Waals surface area contributed by atoms with E-state index in [1.807, 2.05) is 35.2 Å². The molecule has 0 saturated carbocycles. The summed E-state index contributed by atoms with van der Waals surface area (Å²) in [5.74, 6) is -0.219. The molecule has 1 fully saturated rings. The molecule has 0 radical (unpaired) electrons. The van der Waals surface area contributed by atoms with Crippen molar-refractivity contribution in [2.75, 3.05) is 6.54 Å². The molecule has 6 nitrogen and oxygen atoms in total. The Bertz CT molecular complexity index is 811. The van der Waals surface area contributed by atoms with Crippen molar-refractivity contribution in [1.82, 2.24) is 15.2 Å². The van der Waals surface area contributed by atoms with Crippen LogP contribution in [0.5, 0.6) is 0 Å². The van der Waals surface area contributed by atoms with E-state index < -0.39 is 0 Å². The average molecular weight is 353 g/mol. The van der Waals surface area contributed by atoms with Gasteiger partial charge in [-0.3, -0.25) is 14.4 Å². The van der Waals surface area contributed by atoms with Crippen molar-refractivity contribution in [1.29, 1.82) is 0 Å². The molecule has 2 heterocycles. The number of nitrogens with one attached hydrogen (secondary N) is 2. The minimum Gasteiger partial charge on any atom is -0.347 e. The van der Waals surface area contributed by atoms with Gasteiger partial charge in [0.2, 0.25) is 11.5 Å². The van der Waals surface area contributed by atoms with Crippen molar-refractivity contribution in [3.63, 3.8) is 0 Å². The van der Waals surface area contributed by atoms with Crippen LogP contribution >= 0.6 is 0 Å². The third-order valence-electron chi connectivity index (χ3n) is 4.83. The smallest absolute Gasteiger partial charge is 0.253 e. The highest BCUT2D eigenvalue weighted by Gasteiger charge is 2.34. The van der Waals surface area contributed by atoms with Gasteiger partial charge in [-0.2, -0.15) is 0 Å². The van der Waals surface area contributed by atoms with Crippen LogP contribution < -0.4 is 10.9 Å². The molecule has 0 aliphatic carbocycles. The normalized spacial score (nSPS) is 19.8. The number of nitrogens with zero attached hydrogens (tertiary/aromatic N) is 1. The van der Waals surface area contributed by atoms with Gasteiger partial charge in [-0.05, 0) is 30.9 Å². The lowest BCUT2D eigenvalue weighted by Gasteiger charge is -2.41. The van der Waals surface area contributed by atoms with Crippen molar-refractivity contribution in [2.24, 2.45) is 0 Å². The van der Waals surface area contributed by atoms with Gasteiger partial charge in [0.05, 0.1) is 11.6 Å². The summed E-state index contributed by atoms with van der Waals surface area (Å²) in [4.78, 5) is 40.2. The summed E-state index contributed by atoms with van der Waals surface area (Å²) < 4.78 is 0. The summed E-state index contributed by atoms with van der Waals surface area (Å²) >= 11 is 0. The van der Waals surface area contributed by atoms with Gasteiger partial charge in [0.25, 0.3) is 5.91 Å². The first-order chi connectivity index (χ1) is 12.5. The molecule has 2 N–H and O–H groups in total. The van der Waals surface area contributed by atoms with E-state index in [2.05, 4.69) is 10.3 Å². The molecule has 1 aromatic carbocycles. The monoisotopic (exact) mass is 353 g/mol. The van der Waals surface area contributed by atoms with Crippen LogP contribution in [0.15, 0.2) is 53.5 Å². The first kappa shape index (κ1) is 17.9. The molecule has 2 atom stereocenters. The van der Waals surface area contributed by atoms with Gasteiger partial charge in [-0.25, -0.2) is 0 Å². The van der Waals surface area contributed by atoms with E-state index in [1.165, 1.54) is 18.3 Å². The molecule has 2 aromatic rings. The highest BCUT2D eigenvalue weighted by Crippen LogP contribution is 2.22. The largest absolute Gasteiger partial charge is 0.347 e. The molecule has 6 heteroatoms. The van der Waals surface area contributed by atoms with Crippen molar-refractivity contribution in [2.45, 2.75) is 38.3 Å². The van der Waals surface area contributed by atoms with E-state index in [0.717, 1.165) is 18.4 Å². The predicted molar refractivity (Wildman–Crippen MR) is 98.9 cm³/mol. The molecule has 0 spiro atoms. The van der Waals surface area contributed by atoms with Crippen molar-refractivity contribution < 1.29 is 9.59 Å². The van der Waals surface area contributed by atoms with Crippen LogP contribution in [-0.2, 0) is 11.2 Å². The Morgan fingerprint density at radius 1 is 1.19 bits per heavy atom. The van der Waals surface area contributed by atoms with E-state index in [0.29, 0.717) is 18.5 Å². The van der Waals surface area contributed by atoms with Crippen LogP contribution in [0.4, 0.5) is 0 Å². The number of H-pyrrole nitrogens is 1. The van der Waals surface area contributed by atoms with Crippen LogP contribution in [0.1, 0.15) is 35.7 Å².